The fourth-order valence-electron chi connectivity index (χ4n) is 2.94. The van der Waals surface area contributed by atoms with Crippen molar-refractivity contribution in [1.29, 1.82) is 0 Å². The maximum Gasteiger partial charge on any atom is 0.253 e. The second kappa shape index (κ2) is 6.70. The Bertz CT molecular complexity index is 483. The highest BCUT2D eigenvalue weighted by atomic mass is 79.9. The highest BCUT2D eigenvalue weighted by Gasteiger charge is 2.26. The lowest BCUT2D eigenvalue weighted by Crippen LogP contribution is -2.39. The van der Waals surface area contributed by atoms with Crippen molar-refractivity contribution in [2.75, 3.05) is 7.05 Å². The molecule has 0 N–H and O–H groups in total. The molecular formula is C16H21BrFNO. The molecule has 1 amide bonds. The van der Waals surface area contributed by atoms with Crippen LogP contribution in [0, 0.1) is 11.7 Å². The largest absolute Gasteiger partial charge is 0.339 e. The Balaban J connectivity index is 2.03. The lowest BCUT2D eigenvalue weighted by molar-refractivity contribution is 0.0674. The topological polar surface area (TPSA) is 20.3 Å². The second-order valence-electron chi connectivity index (χ2n) is 5.63. The van der Waals surface area contributed by atoms with Crippen LogP contribution in [-0.2, 0) is 0 Å². The van der Waals surface area contributed by atoms with E-state index in [4.69, 9.17) is 0 Å². The molecule has 0 radical (unpaired) electrons. The van der Waals surface area contributed by atoms with Crippen molar-refractivity contribution in [2.45, 2.75) is 45.1 Å². The van der Waals surface area contributed by atoms with Crippen LogP contribution in [0.5, 0.6) is 0 Å². The van der Waals surface area contributed by atoms with Crippen LogP contribution in [-0.4, -0.2) is 23.9 Å². The molecular weight excluding hydrogens is 321 g/mol. The molecule has 0 saturated heterocycles. The monoisotopic (exact) mass is 341 g/mol. The van der Waals surface area contributed by atoms with Crippen molar-refractivity contribution in [1.82, 2.24) is 4.90 Å². The zero-order valence-corrected chi connectivity index (χ0v) is 13.6. The maximum atomic E-state index is 13.2. The predicted octanol–water partition coefficient (Wildman–Crippen LogP) is 4.63. The van der Waals surface area contributed by atoms with Crippen LogP contribution in [0.4, 0.5) is 4.39 Å². The summed E-state index contributed by atoms with van der Waals surface area (Å²) in [5.74, 6) is 0.452. The van der Waals surface area contributed by atoms with Crippen LogP contribution in [0.2, 0.25) is 0 Å². The van der Waals surface area contributed by atoms with Crippen LogP contribution in [0.15, 0.2) is 22.7 Å². The minimum Gasteiger partial charge on any atom is -0.339 e. The molecule has 1 aromatic rings. The summed E-state index contributed by atoms with van der Waals surface area (Å²) in [4.78, 5) is 14.3. The van der Waals surface area contributed by atoms with E-state index < -0.39 is 0 Å². The van der Waals surface area contributed by atoms with Gasteiger partial charge in [0.2, 0.25) is 0 Å². The molecule has 0 aromatic heterocycles. The Labute approximate surface area is 128 Å². The van der Waals surface area contributed by atoms with E-state index in [0.29, 0.717) is 16.1 Å². The number of halogens is 2. The summed E-state index contributed by atoms with van der Waals surface area (Å²) in [7, 11) is 1.86. The zero-order valence-electron chi connectivity index (χ0n) is 12.0. The number of rotatable bonds is 3. The summed E-state index contributed by atoms with van der Waals surface area (Å²) < 4.78 is 13.6. The molecule has 1 aliphatic carbocycles. The molecule has 20 heavy (non-hydrogen) atoms. The van der Waals surface area contributed by atoms with Gasteiger partial charge in [-0.3, -0.25) is 4.79 Å². The van der Waals surface area contributed by atoms with E-state index in [2.05, 4.69) is 22.9 Å². The van der Waals surface area contributed by atoms with Gasteiger partial charge in [-0.2, -0.15) is 0 Å². The van der Waals surface area contributed by atoms with Crippen molar-refractivity contribution in [3.8, 4) is 0 Å². The van der Waals surface area contributed by atoms with Gasteiger partial charge >= 0.3 is 0 Å². The molecule has 0 bridgehead atoms. The van der Waals surface area contributed by atoms with Gasteiger partial charge in [-0.1, -0.05) is 13.3 Å². The average Bonchev–Trinajstić information content (AvgIpc) is 2.48. The van der Waals surface area contributed by atoms with Crippen molar-refractivity contribution in [3.63, 3.8) is 0 Å². The van der Waals surface area contributed by atoms with Gasteiger partial charge in [0, 0.05) is 18.7 Å². The maximum absolute atomic E-state index is 13.2. The molecule has 0 unspecified atom stereocenters. The van der Waals surface area contributed by atoms with E-state index >= 15 is 0 Å². The first kappa shape index (κ1) is 15.5. The summed E-state index contributed by atoms with van der Waals surface area (Å²) >= 11 is 3.13. The van der Waals surface area contributed by atoms with Gasteiger partial charge in [0.25, 0.3) is 5.91 Å². The van der Waals surface area contributed by atoms with Crippen molar-refractivity contribution in [3.05, 3.63) is 34.1 Å². The zero-order chi connectivity index (χ0) is 14.7. The lowest BCUT2D eigenvalue weighted by atomic mass is 9.84. The molecule has 0 atom stereocenters. The van der Waals surface area contributed by atoms with Crippen LogP contribution in [0.25, 0.3) is 0 Å². The number of benzene rings is 1. The first-order chi connectivity index (χ1) is 9.52. The SMILES string of the molecule is CCC1CCC(N(C)C(=O)c2ccc(F)c(Br)c2)CC1. The number of hydrogen-bond acceptors (Lipinski definition) is 1. The van der Waals surface area contributed by atoms with E-state index in [-0.39, 0.29) is 11.7 Å². The summed E-state index contributed by atoms with van der Waals surface area (Å²) in [6.45, 7) is 2.23. The molecule has 1 aromatic carbocycles. The number of carbonyl (C=O) groups excluding carboxylic acids is 1. The number of hydrogen-bond donors (Lipinski definition) is 0. The smallest absolute Gasteiger partial charge is 0.253 e. The molecule has 2 nitrogen and oxygen atoms in total. The van der Waals surface area contributed by atoms with Gasteiger partial charge < -0.3 is 4.90 Å². The van der Waals surface area contributed by atoms with Crippen LogP contribution >= 0.6 is 15.9 Å². The number of carbonyl (C=O) groups is 1. The summed E-state index contributed by atoms with van der Waals surface area (Å²) in [5.41, 5.74) is 0.540. The number of amides is 1. The van der Waals surface area contributed by atoms with Crippen molar-refractivity contribution in [2.24, 2.45) is 5.92 Å². The Kier molecular flexibility index (Phi) is 5.19. The Morgan fingerprint density at radius 3 is 2.55 bits per heavy atom. The first-order valence-electron chi connectivity index (χ1n) is 7.25. The molecule has 0 aliphatic heterocycles. The van der Waals surface area contributed by atoms with Gasteiger partial charge in [0.1, 0.15) is 5.82 Å². The highest BCUT2D eigenvalue weighted by molar-refractivity contribution is 9.10. The van der Waals surface area contributed by atoms with E-state index in [1.165, 1.54) is 25.3 Å². The fraction of sp³-hybridized carbons (Fsp3) is 0.562. The molecule has 4 heteroatoms. The third-order valence-electron chi connectivity index (χ3n) is 4.43. The van der Waals surface area contributed by atoms with E-state index in [1.807, 2.05) is 11.9 Å². The minimum atomic E-state index is -0.340. The van der Waals surface area contributed by atoms with Gasteiger partial charge in [0.15, 0.2) is 0 Å². The highest BCUT2D eigenvalue weighted by Crippen LogP contribution is 2.29. The van der Waals surface area contributed by atoms with Gasteiger partial charge in [0.05, 0.1) is 4.47 Å². The average molecular weight is 342 g/mol. The van der Waals surface area contributed by atoms with E-state index in [1.54, 1.807) is 12.1 Å². The van der Waals surface area contributed by atoms with Crippen LogP contribution < -0.4 is 0 Å². The Morgan fingerprint density at radius 1 is 1.35 bits per heavy atom. The molecule has 2 rings (SSSR count). The molecule has 1 saturated carbocycles. The van der Waals surface area contributed by atoms with E-state index in [0.717, 1.165) is 18.8 Å². The van der Waals surface area contributed by atoms with E-state index in [9.17, 15) is 9.18 Å². The van der Waals surface area contributed by atoms with Crippen LogP contribution in [0.3, 0.4) is 0 Å². The van der Waals surface area contributed by atoms with Crippen molar-refractivity contribution < 1.29 is 9.18 Å². The third-order valence-corrected chi connectivity index (χ3v) is 5.04. The van der Waals surface area contributed by atoms with Crippen LogP contribution in [0.1, 0.15) is 49.4 Å². The Hall–Kier alpha value is -0.900. The first-order valence-corrected chi connectivity index (χ1v) is 8.04. The summed E-state index contributed by atoms with van der Waals surface area (Å²) in [6.07, 6.45) is 5.78. The van der Waals surface area contributed by atoms with Gasteiger partial charge in [-0.05, 0) is 65.7 Å². The number of nitrogens with zero attached hydrogens (tertiary/aromatic N) is 1. The second-order valence-corrected chi connectivity index (χ2v) is 6.48. The van der Waals surface area contributed by atoms with Gasteiger partial charge in [-0.15, -0.1) is 0 Å². The fourth-order valence-corrected chi connectivity index (χ4v) is 3.32. The normalized spacial score (nSPS) is 22.6. The molecule has 0 heterocycles. The lowest BCUT2D eigenvalue weighted by Gasteiger charge is -2.34. The van der Waals surface area contributed by atoms with Gasteiger partial charge in [-0.25, -0.2) is 4.39 Å². The summed E-state index contributed by atoms with van der Waals surface area (Å²) in [6, 6.07) is 4.76. The summed E-state index contributed by atoms with van der Waals surface area (Å²) in [5, 5.41) is 0. The quantitative estimate of drug-likeness (QED) is 0.784. The molecule has 110 valence electrons. The minimum absolute atomic E-state index is 0.0225. The Morgan fingerprint density at radius 2 is 2.00 bits per heavy atom. The van der Waals surface area contributed by atoms with Crippen molar-refractivity contribution >= 4 is 21.8 Å². The molecule has 0 spiro atoms. The third kappa shape index (κ3) is 3.40. The molecule has 1 aliphatic rings. The standard InChI is InChI=1S/C16H21BrFNO/c1-3-11-4-7-13(8-5-11)19(2)16(20)12-6-9-15(18)14(17)10-12/h6,9-11,13H,3-5,7-8H2,1-2H3. The predicted molar refractivity (Wildman–Crippen MR) is 82.2 cm³/mol. The molecule has 1 fully saturated rings.